The third kappa shape index (κ3) is 1.90. The van der Waals surface area contributed by atoms with Crippen LogP contribution in [0.15, 0.2) is 18.2 Å². The fourth-order valence-electron chi connectivity index (χ4n) is 3.87. The predicted octanol–water partition coefficient (Wildman–Crippen LogP) is 1.65. The summed E-state index contributed by atoms with van der Waals surface area (Å²) in [5.74, 6) is 1.11. The molecule has 3 atom stereocenters. The Kier molecular flexibility index (Phi) is 2.67. The van der Waals surface area contributed by atoms with Crippen LogP contribution in [0.3, 0.4) is 0 Å². The van der Waals surface area contributed by atoms with Gasteiger partial charge in [0.25, 0.3) is 0 Å². The van der Waals surface area contributed by atoms with E-state index in [0.717, 1.165) is 11.8 Å². The summed E-state index contributed by atoms with van der Waals surface area (Å²) >= 11 is 0. The minimum Gasteiger partial charge on any atom is -0.508 e. The van der Waals surface area contributed by atoms with Gasteiger partial charge in [0.05, 0.1) is 6.04 Å². The Morgan fingerprint density at radius 3 is 3.16 bits per heavy atom. The van der Waals surface area contributed by atoms with E-state index in [9.17, 15) is 5.11 Å². The second-order valence-corrected chi connectivity index (χ2v) is 5.89. The minimum atomic E-state index is 0.279. The normalized spacial score (nSPS) is 33.2. The number of nitrogens with zero attached hydrogens (tertiary/aromatic N) is 1. The van der Waals surface area contributed by atoms with Crippen molar-refractivity contribution in [1.82, 2.24) is 10.2 Å². The molecule has 3 aliphatic heterocycles. The first-order valence-electron chi connectivity index (χ1n) is 7.27. The first-order chi connectivity index (χ1) is 9.31. The number of nitrogens with one attached hydrogen (secondary N) is 1. The van der Waals surface area contributed by atoms with Crippen molar-refractivity contribution >= 4 is 0 Å². The van der Waals surface area contributed by atoms with Crippen molar-refractivity contribution in [2.24, 2.45) is 0 Å². The van der Waals surface area contributed by atoms with Gasteiger partial charge < -0.3 is 15.2 Å². The number of phenols is 1. The van der Waals surface area contributed by atoms with Crippen LogP contribution in [0.4, 0.5) is 0 Å². The second kappa shape index (κ2) is 4.39. The molecule has 4 rings (SSSR count). The molecular formula is C15H20N2O2. The van der Waals surface area contributed by atoms with Crippen molar-refractivity contribution in [1.29, 1.82) is 0 Å². The Labute approximate surface area is 113 Å². The number of benzene rings is 1. The topological polar surface area (TPSA) is 44.7 Å². The highest BCUT2D eigenvalue weighted by atomic mass is 16.5. The van der Waals surface area contributed by atoms with Crippen LogP contribution in [-0.2, 0) is 0 Å². The number of rotatable bonds is 2. The second-order valence-electron chi connectivity index (χ2n) is 5.89. The number of ether oxygens (including phenoxy) is 1. The zero-order valence-electron chi connectivity index (χ0n) is 11.0. The lowest BCUT2D eigenvalue weighted by Gasteiger charge is -2.24. The molecule has 0 spiro atoms. The summed E-state index contributed by atoms with van der Waals surface area (Å²) in [5, 5.41) is 13.3. The Hall–Kier alpha value is -1.26. The standard InChI is InChI=1S/C15H20N2O2/c18-10-3-4-11-13(9-19-15(11)8-10)16-12-5-7-17-6-1-2-14(12)17/h3-4,8,12-14,16,18H,1-2,5-7,9H2. The van der Waals surface area contributed by atoms with Gasteiger partial charge in [0.2, 0.25) is 0 Å². The van der Waals surface area contributed by atoms with Crippen LogP contribution in [0, 0.1) is 0 Å². The molecule has 0 aliphatic carbocycles. The van der Waals surface area contributed by atoms with Crippen LogP contribution in [0.1, 0.15) is 30.9 Å². The van der Waals surface area contributed by atoms with E-state index < -0.39 is 0 Å². The fourth-order valence-corrected chi connectivity index (χ4v) is 3.87. The Bertz CT molecular complexity index is 491. The fraction of sp³-hybridized carbons (Fsp3) is 0.600. The van der Waals surface area contributed by atoms with Crippen molar-refractivity contribution in [3.8, 4) is 11.5 Å². The van der Waals surface area contributed by atoms with Gasteiger partial charge >= 0.3 is 0 Å². The van der Waals surface area contributed by atoms with Crippen LogP contribution in [0.25, 0.3) is 0 Å². The van der Waals surface area contributed by atoms with Crippen LogP contribution in [0.5, 0.6) is 11.5 Å². The summed E-state index contributed by atoms with van der Waals surface area (Å²) in [6.45, 7) is 3.19. The zero-order valence-corrected chi connectivity index (χ0v) is 11.0. The number of aromatic hydroxyl groups is 1. The molecule has 2 saturated heterocycles. The summed E-state index contributed by atoms with van der Waals surface area (Å²) in [5.41, 5.74) is 1.19. The van der Waals surface area contributed by atoms with Crippen molar-refractivity contribution in [3.63, 3.8) is 0 Å². The van der Waals surface area contributed by atoms with Gasteiger partial charge in [-0.15, -0.1) is 0 Å². The molecular weight excluding hydrogens is 240 g/mol. The largest absolute Gasteiger partial charge is 0.508 e. The lowest BCUT2D eigenvalue weighted by atomic mass is 10.0. The summed E-state index contributed by atoms with van der Waals surface area (Å²) in [4.78, 5) is 2.62. The van der Waals surface area contributed by atoms with Gasteiger partial charge in [-0.3, -0.25) is 4.90 Å². The summed E-state index contributed by atoms with van der Waals surface area (Å²) in [6.07, 6.45) is 3.91. The molecule has 0 amide bonds. The molecule has 0 saturated carbocycles. The number of phenolic OH excluding ortho intramolecular Hbond substituents is 1. The van der Waals surface area contributed by atoms with E-state index in [1.165, 1.54) is 37.9 Å². The van der Waals surface area contributed by atoms with Gasteiger partial charge in [0.1, 0.15) is 18.1 Å². The molecule has 1 aromatic carbocycles. The third-order valence-electron chi connectivity index (χ3n) is 4.80. The van der Waals surface area contributed by atoms with Crippen LogP contribution in [-0.4, -0.2) is 41.8 Å². The third-order valence-corrected chi connectivity index (χ3v) is 4.80. The highest BCUT2D eigenvalue weighted by Crippen LogP contribution is 2.37. The molecule has 2 fully saturated rings. The average molecular weight is 260 g/mol. The monoisotopic (exact) mass is 260 g/mol. The lowest BCUT2D eigenvalue weighted by Crippen LogP contribution is -2.41. The summed E-state index contributed by atoms with van der Waals surface area (Å²) in [6, 6.07) is 7.04. The number of hydrogen-bond donors (Lipinski definition) is 2. The molecule has 2 N–H and O–H groups in total. The number of fused-ring (bicyclic) bond motifs is 2. The van der Waals surface area contributed by atoms with E-state index in [-0.39, 0.29) is 11.8 Å². The van der Waals surface area contributed by atoms with Crippen molar-refractivity contribution in [3.05, 3.63) is 23.8 Å². The molecule has 102 valence electrons. The van der Waals surface area contributed by atoms with Crippen molar-refractivity contribution in [2.45, 2.75) is 37.4 Å². The molecule has 3 aliphatic rings. The van der Waals surface area contributed by atoms with E-state index in [4.69, 9.17) is 4.74 Å². The van der Waals surface area contributed by atoms with Gasteiger partial charge in [-0.05, 0) is 37.9 Å². The molecule has 4 nitrogen and oxygen atoms in total. The summed E-state index contributed by atoms with van der Waals surface area (Å²) in [7, 11) is 0. The van der Waals surface area contributed by atoms with Gasteiger partial charge in [0, 0.05) is 30.3 Å². The number of hydrogen-bond acceptors (Lipinski definition) is 4. The van der Waals surface area contributed by atoms with E-state index in [2.05, 4.69) is 10.2 Å². The highest BCUT2D eigenvalue weighted by Gasteiger charge is 2.39. The van der Waals surface area contributed by atoms with Crippen LogP contribution in [0.2, 0.25) is 0 Å². The Morgan fingerprint density at radius 2 is 2.21 bits per heavy atom. The maximum Gasteiger partial charge on any atom is 0.127 e. The zero-order chi connectivity index (χ0) is 12.8. The van der Waals surface area contributed by atoms with E-state index >= 15 is 0 Å². The quantitative estimate of drug-likeness (QED) is 0.848. The molecule has 3 unspecified atom stereocenters. The Balaban J connectivity index is 1.50. The average Bonchev–Trinajstić information content (AvgIpc) is 3.07. The van der Waals surface area contributed by atoms with E-state index in [0.29, 0.717) is 12.6 Å². The van der Waals surface area contributed by atoms with Gasteiger partial charge in [-0.25, -0.2) is 0 Å². The van der Waals surface area contributed by atoms with Gasteiger partial charge in [-0.2, -0.15) is 0 Å². The predicted molar refractivity (Wildman–Crippen MR) is 72.5 cm³/mol. The highest BCUT2D eigenvalue weighted by molar-refractivity contribution is 5.44. The van der Waals surface area contributed by atoms with E-state index in [1.54, 1.807) is 12.1 Å². The summed E-state index contributed by atoms with van der Waals surface area (Å²) < 4.78 is 5.68. The molecule has 0 radical (unpaired) electrons. The van der Waals surface area contributed by atoms with Crippen LogP contribution >= 0.6 is 0 Å². The molecule has 0 aromatic heterocycles. The van der Waals surface area contributed by atoms with Gasteiger partial charge in [0.15, 0.2) is 0 Å². The molecule has 1 aromatic rings. The SMILES string of the molecule is Oc1ccc2c(c1)OCC2NC1CCN2CCCC12. The smallest absolute Gasteiger partial charge is 0.127 e. The first-order valence-corrected chi connectivity index (χ1v) is 7.27. The van der Waals surface area contributed by atoms with E-state index in [1.807, 2.05) is 6.07 Å². The van der Waals surface area contributed by atoms with Crippen LogP contribution < -0.4 is 10.1 Å². The Morgan fingerprint density at radius 1 is 1.26 bits per heavy atom. The molecule has 3 heterocycles. The molecule has 19 heavy (non-hydrogen) atoms. The molecule has 0 bridgehead atoms. The maximum atomic E-state index is 9.48. The maximum absolute atomic E-state index is 9.48. The van der Waals surface area contributed by atoms with Crippen molar-refractivity contribution < 1.29 is 9.84 Å². The van der Waals surface area contributed by atoms with Crippen molar-refractivity contribution in [2.75, 3.05) is 19.7 Å². The minimum absolute atomic E-state index is 0.279. The van der Waals surface area contributed by atoms with Gasteiger partial charge in [-0.1, -0.05) is 0 Å². The molecule has 4 heteroatoms. The first kappa shape index (κ1) is 11.6. The lowest BCUT2D eigenvalue weighted by molar-refractivity contribution is 0.263.